The Balaban J connectivity index is 1.04. The number of pyridine rings is 1. The van der Waals surface area contributed by atoms with Gasteiger partial charge in [0.2, 0.25) is 5.88 Å². The second-order valence-corrected chi connectivity index (χ2v) is 8.56. The van der Waals surface area contributed by atoms with Crippen LogP contribution in [0, 0.1) is 5.82 Å². The van der Waals surface area contributed by atoms with Crippen LogP contribution in [0.3, 0.4) is 0 Å². The van der Waals surface area contributed by atoms with Gasteiger partial charge in [0.1, 0.15) is 5.82 Å². The molecule has 2 N–H and O–H groups in total. The van der Waals surface area contributed by atoms with Crippen LogP contribution in [-0.2, 0) is 0 Å². The van der Waals surface area contributed by atoms with Crippen LogP contribution in [0.15, 0.2) is 60.8 Å². The Kier molecular flexibility index (Phi) is 6.21. The number of para-hydroxylation sites is 1. The number of amides is 1. The molecule has 0 atom stereocenters. The molecule has 6 nitrogen and oxygen atoms in total. The molecule has 0 saturated carbocycles. The molecule has 170 valence electrons. The Labute approximate surface area is 191 Å². The predicted octanol–water partition coefficient (Wildman–Crippen LogP) is 5.21. The molecule has 0 bridgehead atoms. The highest BCUT2D eigenvalue weighted by Crippen LogP contribution is 2.33. The van der Waals surface area contributed by atoms with Crippen molar-refractivity contribution in [2.75, 3.05) is 26.2 Å². The Morgan fingerprint density at radius 3 is 2.88 bits per heavy atom. The maximum atomic E-state index is 13.4. The molecule has 2 aromatic carbocycles. The fourth-order valence-corrected chi connectivity index (χ4v) is 4.65. The van der Waals surface area contributed by atoms with Gasteiger partial charge in [0.05, 0.1) is 5.52 Å². The number of nitrogens with zero attached hydrogens (tertiary/aromatic N) is 2. The van der Waals surface area contributed by atoms with E-state index < -0.39 is 6.09 Å². The van der Waals surface area contributed by atoms with E-state index in [0.29, 0.717) is 18.3 Å². The molecule has 0 radical (unpaired) electrons. The number of rotatable bonds is 6. The maximum absolute atomic E-state index is 13.4. The van der Waals surface area contributed by atoms with E-state index in [1.54, 1.807) is 12.1 Å². The van der Waals surface area contributed by atoms with Crippen LogP contribution in [0.5, 0.6) is 5.88 Å². The predicted molar refractivity (Wildman–Crippen MR) is 127 cm³/mol. The molecule has 1 aliphatic heterocycles. The summed E-state index contributed by atoms with van der Waals surface area (Å²) in [6, 6.07) is 16.3. The minimum atomic E-state index is -0.479. The van der Waals surface area contributed by atoms with Crippen LogP contribution in [0.4, 0.5) is 9.18 Å². The number of carbonyl (C=O) groups excluding carboxylic acids is 1. The van der Waals surface area contributed by atoms with Gasteiger partial charge < -0.3 is 19.9 Å². The quantitative estimate of drug-likeness (QED) is 0.399. The van der Waals surface area contributed by atoms with E-state index in [9.17, 15) is 9.18 Å². The minimum Gasteiger partial charge on any atom is -0.391 e. The second kappa shape index (κ2) is 9.58. The third-order valence-corrected chi connectivity index (χ3v) is 6.39. The smallest absolute Gasteiger partial charge is 0.391 e. The van der Waals surface area contributed by atoms with Crippen LogP contribution < -0.4 is 10.1 Å². The molecule has 2 aromatic heterocycles. The van der Waals surface area contributed by atoms with Crippen molar-refractivity contribution in [2.45, 2.75) is 25.2 Å². The van der Waals surface area contributed by atoms with Gasteiger partial charge in [-0.1, -0.05) is 18.2 Å². The van der Waals surface area contributed by atoms with Crippen molar-refractivity contribution < 1.29 is 13.9 Å². The molecule has 0 aliphatic carbocycles. The number of piperidine rings is 1. The van der Waals surface area contributed by atoms with E-state index in [1.165, 1.54) is 11.6 Å². The van der Waals surface area contributed by atoms with Crippen molar-refractivity contribution in [1.29, 1.82) is 0 Å². The number of nitrogens with one attached hydrogen (secondary N) is 2. The lowest BCUT2D eigenvalue weighted by atomic mass is 9.89. The normalized spacial score (nSPS) is 15.2. The largest absolute Gasteiger partial charge is 0.413 e. The topological polar surface area (TPSA) is 70.2 Å². The van der Waals surface area contributed by atoms with Crippen molar-refractivity contribution in [1.82, 2.24) is 20.2 Å². The summed E-state index contributed by atoms with van der Waals surface area (Å²) in [5, 5.41) is 4.94. The first-order valence-corrected chi connectivity index (χ1v) is 11.5. The molecule has 1 saturated heterocycles. The van der Waals surface area contributed by atoms with E-state index in [-0.39, 0.29) is 5.82 Å². The highest BCUT2D eigenvalue weighted by Gasteiger charge is 2.22. The van der Waals surface area contributed by atoms with Gasteiger partial charge in [-0.2, -0.15) is 0 Å². The van der Waals surface area contributed by atoms with Gasteiger partial charge in [0.25, 0.3) is 0 Å². The number of fused-ring (bicyclic) bond motifs is 2. The monoisotopic (exact) mass is 446 g/mol. The molecular formula is C26H27FN4O2. The van der Waals surface area contributed by atoms with E-state index in [2.05, 4.69) is 20.2 Å². The van der Waals surface area contributed by atoms with E-state index in [4.69, 9.17) is 4.74 Å². The number of hydrogen-bond acceptors (Lipinski definition) is 4. The van der Waals surface area contributed by atoms with Crippen molar-refractivity contribution in [3.8, 4) is 5.88 Å². The zero-order chi connectivity index (χ0) is 22.6. The van der Waals surface area contributed by atoms with Crippen molar-refractivity contribution in [2.24, 2.45) is 0 Å². The molecule has 1 fully saturated rings. The number of ether oxygens (including phenoxy) is 1. The molecular weight excluding hydrogens is 419 g/mol. The zero-order valence-corrected chi connectivity index (χ0v) is 18.4. The Morgan fingerprint density at radius 2 is 2.00 bits per heavy atom. The fraction of sp³-hybridized carbons (Fsp3) is 0.308. The average Bonchev–Trinajstić information content (AvgIpc) is 3.25. The SMILES string of the molecule is O=C(NCCCN1CCC(c2c[nH]c3cc(F)ccc23)CC1)Oc1ccc2ccccc2n1. The highest BCUT2D eigenvalue weighted by molar-refractivity contribution is 5.83. The van der Waals surface area contributed by atoms with Crippen LogP contribution in [0.25, 0.3) is 21.8 Å². The van der Waals surface area contributed by atoms with Crippen molar-refractivity contribution in [3.63, 3.8) is 0 Å². The average molecular weight is 447 g/mol. The van der Waals surface area contributed by atoms with Gasteiger partial charge in [0, 0.05) is 35.1 Å². The third kappa shape index (κ3) is 4.98. The highest BCUT2D eigenvalue weighted by atomic mass is 19.1. The van der Waals surface area contributed by atoms with Crippen molar-refractivity contribution >= 4 is 27.9 Å². The van der Waals surface area contributed by atoms with Gasteiger partial charge in [-0.15, -0.1) is 0 Å². The minimum absolute atomic E-state index is 0.211. The van der Waals surface area contributed by atoms with Crippen LogP contribution in [0.2, 0.25) is 0 Å². The lowest BCUT2D eigenvalue weighted by molar-refractivity contribution is 0.193. The lowest BCUT2D eigenvalue weighted by Crippen LogP contribution is -2.36. The van der Waals surface area contributed by atoms with Crippen LogP contribution >= 0.6 is 0 Å². The third-order valence-electron chi connectivity index (χ3n) is 6.39. The number of H-pyrrole nitrogens is 1. The number of carbonyl (C=O) groups is 1. The summed E-state index contributed by atoms with van der Waals surface area (Å²) in [6.07, 6.45) is 4.56. The first-order chi connectivity index (χ1) is 16.2. The summed E-state index contributed by atoms with van der Waals surface area (Å²) < 4.78 is 18.7. The van der Waals surface area contributed by atoms with Crippen LogP contribution in [-0.4, -0.2) is 47.1 Å². The summed E-state index contributed by atoms with van der Waals surface area (Å²) in [5.41, 5.74) is 2.95. The lowest BCUT2D eigenvalue weighted by Gasteiger charge is -2.32. The number of aromatic nitrogens is 2. The van der Waals surface area contributed by atoms with Gasteiger partial charge in [-0.3, -0.25) is 0 Å². The van der Waals surface area contributed by atoms with E-state index >= 15 is 0 Å². The number of benzene rings is 2. The van der Waals surface area contributed by atoms with Gasteiger partial charge in [-0.25, -0.2) is 14.2 Å². The number of hydrogen-bond donors (Lipinski definition) is 2. The van der Waals surface area contributed by atoms with Gasteiger partial charge in [-0.05, 0) is 80.7 Å². The molecule has 0 unspecified atom stereocenters. The van der Waals surface area contributed by atoms with Gasteiger partial charge >= 0.3 is 6.09 Å². The van der Waals surface area contributed by atoms with Gasteiger partial charge in [0.15, 0.2) is 0 Å². The summed E-state index contributed by atoms with van der Waals surface area (Å²) in [7, 11) is 0. The zero-order valence-electron chi connectivity index (χ0n) is 18.4. The molecule has 1 amide bonds. The first kappa shape index (κ1) is 21.4. The maximum Gasteiger partial charge on any atom is 0.413 e. The Morgan fingerprint density at radius 1 is 1.15 bits per heavy atom. The summed E-state index contributed by atoms with van der Waals surface area (Å²) in [5.74, 6) is 0.577. The molecule has 7 heteroatoms. The van der Waals surface area contributed by atoms with Crippen molar-refractivity contribution in [3.05, 3.63) is 72.2 Å². The molecule has 5 rings (SSSR count). The summed E-state index contributed by atoms with van der Waals surface area (Å²) in [6.45, 7) is 3.52. The number of likely N-dealkylation sites (tertiary alicyclic amines) is 1. The second-order valence-electron chi connectivity index (χ2n) is 8.56. The standard InChI is InChI=1S/C26H27FN4O2/c27-20-7-8-21-22(17-29-24(21)16-20)18-10-14-31(15-11-18)13-3-12-28-26(32)33-25-9-6-19-4-1-2-5-23(19)30-25/h1-2,4-9,16-18,29H,3,10-15H2,(H,28,32). The summed E-state index contributed by atoms with van der Waals surface area (Å²) >= 11 is 0. The first-order valence-electron chi connectivity index (χ1n) is 11.5. The van der Waals surface area contributed by atoms with E-state index in [0.717, 1.165) is 60.7 Å². The molecule has 0 spiro atoms. The number of halogens is 1. The Bertz CT molecular complexity index is 1260. The van der Waals surface area contributed by atoms with E-state index in [1.807, 2.05) is 42.6 Å². The fourth-order valence-electron chi connectivity index (χ4n) is 4.65. The summed E-state index contributed by atoms with van der Waals surface area (Å²) in [4.78, 5) is 22.1. The van der Waals surface area contributed by atoms with Crippen LogP contribution in [0.1, 0.15) is 30.7 Å². The molecule has 3 heterocycles. The number of aromatic amines is 1. The molecule has 1 aliphatic rings. The Hall–Kier alpha value is -3.45. The molecule has 4 aromatic rings. The molecule has 33 heavy (non-hydrogen) atoms.